The van der Waals surface area contributed by atoms with Gasteiger partial charge in [-0.3, -0.25) is 9.59 Å². The molecule has 2 aromatic rings. The van der Waals surface area contributed by atoms with Gasteiger partial charge in [-0.15, -0.1) is 0 Å². The number of aldehydes is 1. The van der Waals surface area contributed by atoms with Gasteiger partial charge >= 0.3 is 11.9 Å². The van der Waals surface area contributed by atoms with Crippen molar-refractivity contribution in [1.82, 2.24) is 0 Å². The minimum atomic E-state index is -0.666. The molecule has 39 heavy (non-hydrogen) atoms. The van der Waals surface area contributed by atoms with E-state index in [1.807, 2.05) is 6.07 Å². The average Bonchev–Trinajstić information content (AvgIpc) is 2.80. The normalized spacial score (nSPS) is 10.8. The van der Waals surface area contributed by atoms with Gasteiger partial charge in [0.15, 0.2) is 0 Å². The predicted octanol–water partition coefficient (Wildman–Crippen LogP) is 8.29. The Hall–Kier alpha value is -3.07. The monoisotopic (exact) mass is 612 g/mol. The van der Waals surface area contributed by atoms with Gasteiger partial charge in [-0.2, -0.15) is 10.5 Å². The van der Waals surface area contributed by atoms with E-state index < -0.39 is 23.1 Å². The fourth-order valence-corrected chi connectivity index (χ4v) is 2.88. The standard InChI is InChI=1S/C14H13Cl2NO2.C7H4Cl2O.C7H11NO2/c1-14(2,3)19-13(18)10(8-17)6-9-4-5-11(15)12(16)7-9;8-6-2-1-5(4-10)3-7(6)9;1-7(2,3)10-6(9)4-5-8/h4-7H,1-3H3;1-4H;4H2,1-3H3/b10-6+;;. The molecule has 0 fully saturated rings. The van der Waals surface area contributed by atoms with Crippen molar-refractivity contribution in [3.05, 3.63) is 73.2 Å². The lowest BCUT2D eigenvalue weighted by Crippen LogP contribution is -2.24. The van der Waals surface area contributed by atoms with E-state index in [1.165, 1.54) is 12.1 Å². The number of carbonyl (C=O) groups excluding carboxylic acids is 3. The van der Waals surface area contributed by atoms with E-state index in [-0.39, 0.29) is 12.0 Å². The highest BCUT2D eigenvalue weighted by Gasteiger charge is 2.20. The SMILES string of the molecule is CC(C)(C)OC(=O)/C(C#N)=C/c1ccc(Cl)c(Cl)c1.CC(C)(C)OC(=O)CC#N.O=Cc1ccc(Cl)c(Cl)c1. The van der Waals surface area contributed by atoms with Gasteiger partial charge in [0.05, 0.1) is 26.2 Å². The van der Waals surface area contributed by atoms with Crippen molar-refractivity contribution in [1.29, 1.82) is 10.5 Å². The molecule has 0 atom stereocenters. The van der Waals surface area contributed by atoms with Crippen molar-refractivity contribution < 1.29 is 23.9 Å². The van der Waals surface area contributed by atoms with Crippen LogP contribution in [0.5, 0.6) is 0 Å². The van der Waals surface area contributed by atoms with Crippen LogP contribution in [0.1, 0.15) is 63.9 Å². The average molecular weight is 614 g/mol. The molecule has 208 valence electrons. The molecule has 7 nitrogen and oxygen atoms in total. The van der Waals surface area contributed by atoms with Gasteiger partial charge < -0.3 is 9.47 Å². The van der Waals surface area contributed by atoms with E-state index in [2.05, 4.69) is 0 Å². The zero-order valence-electron chi connectivity index (χ0n) is 22.3. The largest absolute Gasteiger partial charge is 0.459 e. The third-order valence-corrected chi connectivity index (χ3v) is 5.20. The molecule has 0 saturated carbocycles. The lowest BCUT2D eigenvalue weighted by Gasteiger charge is -2.18. The Kier molecular flexibility index (Phi) is 15.5. The molecule has 0 radical (unpaired) electrons. The molecule has 0 bridgehead atoms. The van der Waals surface area contributed by atoms with E-state index in [0.29, 0.717) is 31.2 Å². The first-order chi connectivity index (χ1) is 17.9. The number of nitrogens with zero attached hydrogens (tertiary/aromatic N) is 2. The van der Waals surface area contributed by atoms with Crippen LogP contribution in [-0.4, -0.2) is 29.4 Å². The highest BCUT2D eigenvalue weighted by atomic mass is 35.5. The van der Waals surface area contributed by atoms with Crippen molar-refractivity contribution in [3.63, 3.8) is 0 Å². The van der Waals surface area contributed by atoms with Crippen LogP contribution in [0.25, 0.3) is 6.08 Å². The van der Waals surface area contributed by atoms with Crippen LogP contribution >= 0.6 is 46.4 Å². The van der Waals surface area contributed by atoms with Crippen LogP contribution < -0.4 is 0 Å². The second kappa shape index (κ2) is 16.8. The second-order valence-corrected chi connectivity index (χ2v) is 11.2. The Balaban J connectivity index is 0.000000610. The van der Waals surface area contributed by atoms with Crippen LogP contribution in [0.15, 0.2) is 42.0 Å². The summed E-state index contributed by atoms with van der Waals surface area (Å²) in [5, 5.41) is 18.7. The first-order valence-corrected chi connectivity index (χ1v) is 12.7. The van der Waals surface area contributed by atoms with Gasteiger partial charge in [-0.25, -0.2) is 4.79 Å². The molecule has 0 aliphatic rings. The van der Waals surface area contributed by atoms with E-state index in [0.717, 1.165) is 6.29 Å². The molecule has 0 aliphatic carbocycles. The number of hydrogen-bond acceptors (Lipinski definition) is 7. The Bertz CT molecular complexity index is 1280. The van der Waals surface area contributed by atoms with Crippen LogP contribution in [0.2, 0.25) is 20.1 Å². The zero-order valence-corrected chi connectivity index (χ0v) is 25.3. The topological polar surface area (TPSA) is 117 Å². The first-order valence-electron chi connectivity index (χ1n) is 11.2. The van der Waals surface area contributed by atoms with Gasteiger partial charge in [-0.1, -0.05) is 58.5 Å². The Labute approximate surface area is 248 Å². The summed E-state index contributed by atoms with van der Waals surface area (Å²) in [6.45, 7) is 10.5. The summed E-state index contributed by atoms with van der Waals surface area (Å²) in [5.74, 6) is -1.13. The summed E-state index contributed by atoms with van der Waals surface area (Å²) in [6.07, 6.45) is 1.97. The van der Waals surface area contributed by atoms with E-state index in [1.54, 1.807) is 77.9 Å². The number of rotatable bonds is 4. The molecular weight excluding hydrogens is 586 g/mol. The summed E-state index contributed by atoms with van der Waals surface area (Å²) >= 11 is 22.8. The summed E-state index contributed by atoms with van der Waals surface area (Å²) < 4.78 is 9.94. The van der Waals surface area contributed by atoms with Gasteiger partial charge in [0, 0.05) is 5.56 Å². The van der Waals surface area contributed by atoms with Crippen molar-refractivity contribution in [2.24, 2.45) is 0 Å². The number of benzene rings is 2. The molecule has 0 saturated heterocycles. The molecule has 0 heterocycles. The lowest BCUT2D eigenvalue weighted by atomic mass is 10.1. The maximum atomic E-state index is 11.8. The fraction of sp³-hybridized carbons (Fsp3) is 0.321. The molecule has 0 unspecified atom stereocenters. The summed E-state index contributed by atoms with van der Waals surface area (Å²) in [6, 6.07) is 13.1. The maximum absolute atomic E-state index is 11.8. The smallest absolute Gasteiger partial charge is 0.349 e. The van der Waals surface area contributed by atoms with Crippen LogP contribution in [0.4, 0.5) is 0 Å². The Morgan fingerprint density at radius 2 is 1.26 bits per heavy atom. The van der Waals surface area contributed by atoms with Gasteiger partial charge in [-0.05, 0) is 77.4 Å². The van der Waals surface area contributed by atoms with Crippen LogP contribution in [0, 0.1) is 22.7 Å². The van der Waals surface area contributed by atoms with Gasteiger partial charge in [0.2, 0.25) is 0 Å². The number of carbonyl (C=O) groups is 3. The minimum absolute atomic E-state index is 0.0895. The molecule has 11 heteroatoms. The van der Waals surface area contributed by atoms with Crippen LogP contribution in [0.3, 0.4) is 0 Å². The number of esters is 2. The van der Waals surface area contributed by atoms with Crippen molar-refractivity contribution >= 4 is 70.7 Å². The second-order valence-electron chi connectivity index (χ2n) is 9.56. The van der Waals surface area contributed by atoms with Gasteiger partial charge in [0.1, 0.15) is 35.6 Å². The van der Waals surface area contributed by atoms with Crippen LogP contribution in [-0.2, 0) is 19.1 Å². The van der Waals surface area contributed by atoms with Crippen molar-refractivity contribution in [2.45, 2.75) is 59.2 Å². The van der Waals surface area contributed by atoms with Crippen molar-refractivity contribution in [2.75, 3.05) is 0 Å². The highest BCUT2D eigenvalue weighted by Crippen LogP contribution is 2.24. The lowest BCUT2D eigenvalue weighted by molar-refractivity contribution is -0.153. The molecular formula is C28H28Cl4N2O5. The summed E-state index contributed by atoms with van der Waals surface area (Å²) in [4.78, 5) is 32.6. The molecule has 0 aromatic heterocycles. The number of halogens is 4. The third-order valence-electron chi connectivity index (χ3n) is 3.72. The Morgan fingerprint density at radius 1 is 0.795 bits per heavy atom. The van der Waals surface area contributed by atoms with E-state index in [4.69, 9.17) is 66.4 Å². The van der Waals surface area contributed by atoms with Crippen molar-refractivity contribution in [3.8, 4) is 12.1 Å². The van der Waals surface area contributed by atoms with E-state index in [9.17, 15) is 14.4 Å². The summed E-state index contributed by atoms with van der Waals surface area (Å²) in [5.41, 5.74) is -0.0713. The minimum Gasteiger partial charge on any atom is -0.459 e. The number of nitriles is 2. The first kappa shape index (κ1) is 35.9. The van der Waals surface area contributed by atoms with E-state index >= 15 is 0 Å². The third kappa shape index (κ3) is 16.5. The highest BCUT2D eigenvalue weighted by molar-refractivity contribution is 6.42. The number of ether oxygens (including phenoxy) is 2. The fourth-order valence-electron chi connectivity index (χ4n) is 2.27. The van der Waals surface area contributed by atoms with Gasteiger partial charge in [0.25, 0.3) is 0 Å². The Morgan fingerprint density at radius 3 is 1.64 bits per heavy atom. The molecule has 2 aromatic carbocycles. The molecule has 2 rings (SSSR count). The molecule has 0 spiro atoms. The molecule has 0 amide bonds. The zero-order chi connectivity index (χ0) is 30.4. The maximum Gasteiger partial charge on any atom is 0.349 e. The predicted molar refractivity (Wildman–Crippen MR) is 154 cm³/mol. The molecule has 0 N–H and O–H groups in total. The molecule has 0 aliphatic heterocycles. The quantitative estimate of drug-likeness (QED) is 0.147. The number of hydrogen-bond donors (Lipinski definition) is 0. The summed E-state index contributed by atoms with van der Waals surface area (Å²) in [7, 11) is 0.